The lowest BCUT2D eigenvalue weighted by Crippen LogP contribution is -2.47. The van der Waals surface area contributed by atoms with Gasteiger partial charge in [-0.15, -0.1) is 0 Å². The van der Waals surface area contributed by atoms with Crippen LogP contribution >= 0.6 is 0 Å². The average molecular weight is 410 g/mol. The van der Waals surface area contributed by atoms with Gasteiger partial charge in [0.2, 0.25) is 0 Å². The number of benzene rings is 2. The summed E-state index contributed by atoms with van der Waals surface area (Å²) in [6.45, 7) is 0. The molecular formula is C22H22N2O6. The molecule has 4 N–H and O–H groups in total. The van der Waals surface area contributed by atoms with Gasteiger partial charge in [-0.3, -0.25) is 0 Å². The molecule has 1 aliphatic rings. The van der Waals surface area contributed by atoms with E-state index >= 15 is 0 Å². The summed E-state index contributed by atoms with van der Waals surface area (Å²) in [7, 11) is 0. The molecule has 0 unspecified atom stereocenters. The number of aromatic nitrogens is 2. The number of hydrogen-bond donors (Lipinski definition) is 4. The Bertz CT molecular complexity index is 1040. The molecule has 0 radical (unpaired) electrons. The van der Waals surface area contributed by atoms with E-state index in [1.807, 2.05) is 54.6 Å². The number of carboxylic acids is 1. The van der Waals surface area contributed by atoms with Crippen LogP contribution in [0.15, 0.2) is 60.8 Å². The molecule has 8 heteroatoms. The number of carboxylic acid groups (broad SMARTS) is 1. The standard InChI is InChI=1S/C22H22N2O6/c25-18-17(22(28)29)24-12-14(23-21(24)20(27)19(18)26)10-9-13-5-4-8-16(11-13)30-15-6-2-1-3-7-15/h1-8,11-12,17-20,25-27H,9-10H2,(H,28,29)/t17-,18+,19-,20+/m0/s1. The first-order valence-electron chi connectivity index (χ1n) is 9.60. The quantitative estimate of drug-likeness (QED) is 0.489. The second-order valence-corrected chi connectivity index (χ2v) is 7.27. The second kappa shape index (κ2) is 8.27. The smallest absolute Gasteiger partial charge is 0.329 e. The first-order valence-corrected chi connectivity index (χ1v) is 9.60. The summed E-state index contributed by atoms with van der Waals surface area (Å²) in [6.07, 6.45) is -2.08. The zero-order valence-electron chi connectivity index (χ0n) is 16.0. The van der Waals surface area contributed by atoms with Crippen molar-refractivity contribution in [2.75, 3.05) is 0 Å². The van der Waals surface area contributed by atoms with Gasteiger partial charge >= 0.3 is 5.97 Å². The summed E-state index contributed by atoms with van der Waals surface area (Å²) in [6, 6.07) is 15.7. The molecule has 1 aromatic heterocycles. The van der Waals surface area contributed by atoms with Gasteiger partial charge < -0.3 is 29.7 Å². The van der Waals surface area contributed by atoms with Crippen molar-refractivity contribution in [1.29, 1.82) is 0 Å². The number of aliphatic hydroxyl groups excluding tert-OH is 3. The molecule has 2 aromatic carbocycles. The van der Waals surface area contributed by atoms with Gasteiger partial charge in [-0.25, -0.2) is 9.78 Å². The van der Waals surface area contributed by atoms with Gasteiger partial charge in [0.15, 0.2) is 6.04 Å². The third kappa shape index (κ3) is 3.93. The SMILES string of the molecule is O=C(O)[C@@H]1[C@@H](O)[C@H](O)[C@@H](O)c2nc(CCc3cccc(Oc4ccccc4)c3)cn21. The zero-order chi connectivity index (χ0) is 21.3. The average Bonchev–Trinajstić information content (AvgIpc) is 3.15. The van der Waals surface area contributed by atoms with Crippen LogP contribution < -0.4 is 4.74 Å². The number of aryl methyl sites for hydroxylation is 2. The lowest BCUT2D eigenvalue weighted by Gasteiger charge is -2.33. The highest BCUT2D eigenvalue weighted by molar-refractivity contribution is 5.73. The molecule has 1 aliphatic heterocycles. The van der Waals surface area contributed by atoms with Crippen LogP contribution in [-0.2, 0) is 17.6 Å². The summed E-state index contributed by atoms with van der Waals surface area (Å²) in [5, 5.41) is 39.6. The largest absolute Gasteiger partial charge is 0.480 e. The summed E-state index contributed by atoms with van der Waals surface area (Å²) < 4.78 is 7.07. The van der Waals surface area contributed by atoms with E-state index in [2.05, 4.69) is 4.98 Å². The van der Waals surface area contributed by atoms with Crippen molar-refractivity contribution in [3.05, 3.63) is 77.9 Å². The molecule has 0 saturated carbocycles. The van der Waals surface area contributed by atoms with Gasteiger partial charge in [0.25, 0.3) is 0 Å². The first-order chi connectivity index (χ1) is 14.4. The van der Waals surface area contributed by atoms with Crippen molar-refractivity contribution in [1.82, 2.24) is 9.55 Å². The van der Waals surface area contributed by atoms with E-state index in [9.17, 15) is 25.2 Å². The fourth-order valence-corrected chi connectivity index (χ4v) is 3.64. The molecule has 8 nitrogen and oxygen atoms in total. The number of aliphatic carboxylic acids is 1. The van der Waals surface area contributed by atoms with E-state index < -0.39 is 30.3 Å². The molecule has 4 rings (SSSR count). The minimum atomic E-state index is -1.63. The van der Waals surface area contributed by atoms with Gasteiger partial charge in [0.05, 0.1) is 5.69 Å². The Kier molecular flexibility index (Phi) is 5.54. The summed E-state index contributed by atoms with van der Waals surface area (Å²) >= 11 is 0. The number of fused-ring (bicyclic) bond motifs is 1. The first kappa shape index (κ1) is 20.1. The van der Waals surface area contributed by atoms with Gasteiger partial charge in [0.1, 0.15) is 35.6 Å². The molecule has 0 bridgehead atoms. The van der Waals surface area contributed by atoms with Crippen LogP contribution in [-0.4, -0.2) is 48.2 Å². The van der Waals surface area contributed by atoms with Crippen LogP contribution in [0.25, 0.3) is 0 Å². The number of ether oxygens (including phenoxy) is 1. The van der Waals surface area contributed by atoms with Crippen molar-refractivity contribution < 1.29 is 30.0 Å². The highest BCUT2D eigenvalue weighted by Gasteiger charge is 2.45. The molecular weight excluding hydrogens is 388 g/mol. The summed E-state index contributed by atoms with van der Waals surface area (Å²) in [5.41, 5.74) is 1.57. The van der Waals surface area contributed by atoms with Crippen molar-refractivity contribution in [3.8, 4) is 11.5 Å². The molecule has 30 heavy (non-hydrogen) atoms. The lowest BCUT2D eigenvalue weighted by atomic mass is 9.96. The predicted octanol–water partition coefficient (Wildman–Crippen LogP) is 1.86. The maximum absolute atomic E-state index is 11.5. The van der Waals surface area contributed by atoms with E-state index in [0.29, 0.717) is 24.3 Å². The summed E-state index contributed by atoms with van der Waals surface area (Å²) in [5.74, 6) is 0.179. The highest BCUT2D eigenvalue weighted by Crippen LogP contribution is 2.33. The number of para-hydroxylation sites is 1. The number of carbonyl (C=O) groups is 1. The Morgan fingerprint density at radius 3 is 2.43 bits per heavy atom. The summed E-state index contributed by atoms with van der Waals surface area (Å²) in [4.78, 5) is 15.8. The van der Waals surface area contributed by atoms with Crippen LogP contribution in [0, 0.1) is 0 Å². The van der Waals surface area contributed by atoms with Crippen LogP contribution in [0.5, 0.6) is 11.5 Å². The van der Waals surface area contributed by atoms with Crippen molar-refractivity contribution in [3.63, 3.8) is 0 Å². The van der Waals surface area contributed by atoms with E-state index in [-0.39, 0.29) is 5.82 Å². The minimum absolute atomic E-state index is 0.0383. The third-order valence-corrected chi connectivity index (χ3v) is 5.17. The molecule has 0 spiro atoms. The minimum Gasteiger partial charge on any atom is -0.480 e. The van der Waals surface area contributed by atoms with Gasteiger partial charge in [-0.2, -0.15) is 0 Å². The van der Waals surface area contributed by atoms with E-state index in [1.54, 1.807) is 0 Å². The topological polar surface area (TPSA) is 125 Å². The number of rotatable bonds is 6. The highest BCUT2D eigenvalue weighted by atomic mass is 16.5. The predicted molar refractivity (Wildman–Crippen MR) is 106 cm³/mol. The normalized spacial score (nSPS) is 23.0. The second-order valence-electron chi connectivity index (χ2n) is 7.27. The van der Waals surface area contributed by atoms with Crippen molar-refractivity contribution in [2.24, 2.45) is 0 Å². The molecule has 0 fully saturated rings. The molecule has 0 amide bonds. The maximum atomic E-state index is 11.5. The Balaban J connectivity index is 1.50. The molecule has 0 saturated heterocycles. The Labute approximate surface area is 172 Å². The Morgan fingerprint density at radius 1 is 0.967 bits per heavy atom. The molecule has 0 aliphatic carbocycles. The van der Waals surface area contributed by atoms with Crippen LogP contribution in [0.3, 0.4) is 0 Å². The fraction of sp³-hybridized carbons (Fsp3) is 0.273. The van der Waals surface area contributed by atoms with E-state index in [1.165, 1.54) is 10.8 Å². The number of imidazole rings is 1. The molecule has 4 atom stereocenters. The lowest BCUT2D eigenvalue weighted by molar-refractivity contribution is -0.156. The van der Waals surface area contributed by atoms with Crippen molar-refractivity contribution >= 4 is 5.97 Å². The molecule has 2 heterocycles. The number of nitrogens with zero attached hydrogens (tertiary/aromatic N) is 2. The number of aliphatic hydroxyl groups is 3. The van der Waals surface area contributed by atoms with Crippen LogP contribution in [0.2, 0.25) is 0 Å². The van der Waals surface area contributed by atoms with Gasteiger partial charge in [0, 0.05) is 6.20 Å². The monoisotopic (exact) mass is 410 g/mol. The Morgan fingerprint density at radius 2 is 1.70 bits per heavy atom. The number of hydrogen-bond acceptors (Lipinski definition) is 6. The van der Waals surface area contributed by atoms with Gasteiger partial charge in [-0.1, -0.05) is 30.3 Å². The maximum Gasteiger partial charge on any atom is 0.329 e. The van der Waals surface area contributed by atoms with E-state index in [4.69, 9.17) is 4.74 Å². The molecule has 3 aromatic rings. The zero-order valence-corrected chi connectivity index (χ0v) is 16.0. The van der Waals surface area contributed by atoms with E-state index in [0.717, 1.165) is 11.3 Å². The third-order valence-electron chi connectivity index (χ3n) is 5.17. The van der Waals surface area contributed by atoms with Crippen LogP contribution in [0.4, 0.5) is 0 Å². The van der Waals surface area contributed by atoms with Gasteiger partial charge in [-0.05, 0) is 42.7 Å². The fourth-order valence-electron chi connectivity index (χ4n) is 3.64. The van der Waals surface area contributed by atoms with Crippen LogP contribution in [0.1, 0.15) is 29.2 Å². The molecule has 156 valence electrons. The Hall–Kier alpha value is -3.20. The van der Waals surface area contributed by atoms with Crippen molar-refractivity contribution in [2.45, 2.75) is 37.2 Å².